The van der Waals surface area contributed by atoms with Crippen LogP contribution >= 0.6 is 11.8 Å². The van der Waals surface area contributed by atoms with Gasteiger partial charge in [-0.15, -0.1) is 0 Å². The molecule has 0 aromatic heterocycles. The topological polar surface area (TPSA) is 67.2 Å². The summed E-state index contributed by atoms with van der Waals surface area (Å²) in [5.74, 6) is -1.02. The molecule has 5 heteroatoms. The minimum absolute atomic E-state index is 0.437. The van der Waals surface area contributed by atoms with Crippen LogP contribution in [0.3, 0.4) is 0 Å². The third-order valence-corrected chi connectivity index (χ3v) is 2.96. The molecule has 0 amide bonds. The number of thioether (sulfide) groups is 1. The van der Waals surface area contributed by atoms with Gasteiger partial charge in [-0.2, -0.15) is 5.26 Å². The molecule has 88 valence electrons. The average Bonchev–Trinajstić information content (AvgIpc) is 2.29. The van der Waals surface area contributed by atoms with Gasteiger partial charge in [-0.3, -0.25) is 9.59 Å². The van der Waals surface area contributed by atoms with Crippen molar-refractivity contribution in [1.82, 2.24) is 0 Å². The number of methoxy groups -OCH3 is 1. The third kappa shape index (κ3) is 3.61. The van der Waals surface area contributed by atoms with E-state index in [1.807, 2.05) is 0 Å². The van der Waals surface area contributed by atoms with Gasteiger partial charge in [0, 0.05) is 4.90 Å². The molecular weight excluding hydrogens is 238 g/mol. The van der Waals surface area contributed by atoms with Crippen molar-refractivity contribution in [3.05, 3.63) is 24.3 Å². The van der Waals surface area contributed by atoms with Gasteiger partial charge in [0.1, 0.15) is 5.75 Å². The third-order valence-electron chi connectivity index (χ3n) is 2.03. The van der Waals surface area contributed by atoms with Crippen molar-refractivity contribution in [3.8, 4) is 11.8 Å². The SMILES string of the molecule is COc1cccc(SC(=O)C(C#N)C(C)=O)c1. The summed E-state index contributed by atoms with van der Waals surface area (Å²) in [7, 11) is 1.53. The number of ketones is 1. The number of ether oxygens (including phenoxy) is 1. The lowest BCUT2D eigenvalue weighted by molar-refractivity contribution is -0.124. The number of rotatable bonds is 4. The number of Topliss-reactive ketones (excluding diaryl/α,β-unsaturated/α-hetero) is 1. The van der Waals surface area contributed by atoms with Gasteiger partial charge >= 0.3 is 0 Å². The van der Waals surface area contributed by atoms with E-state index in [-0.39, 0.29) is 0 Å². The van der Waals surface area contributed by atoms with Crippen LogP contribution in [0, 0.1) is 17.2 Å². The summed E-state index contributed by atoms with van der Waals surface area (Å²) in [4.78, 5) is 23.4. The Balaban J connectivity index is 2.80. The number of nitriles is 1. The number of carbonyl (C=O) groups is 2. The van der Waals surface area contributed by atoms with Crippen molar-refractivity contribution in [2.75, 3.05) is 7.11 Å². The van der Waals surface area contributed by atoms with E-state index in [1.54, 1.807) is 30.3 Å². The fourth-order valence-electron chi connectivity index (χ4n) is 1.15. The zero-order chi connectivity index (χ0) is 12.8. The van der Waals surface area contributed by atoms with Crippen LogP contribution in [0.2, 0.25) is 0 Å². The van der Waals surface area contributed by atoms with Gasteiger partial charge in [0.25, 0.3) is 0 Å². The minimum atomic E-state index is -1.20. The fourth-order valence-corrected chi connectivity index (χ4v) is 2.04. The number of carbonyl (C=O) groups excluding carboxylic acids is 2. The van der Waals surface area contributed by atoms with E-state index in [4.69, 9.17) is 10.00 Å². The van der Waals surface area contributed by atoms with Crippen molar-refractivity contribution in [3.63, 3.8) is 0 Å². The quantitative estimate of drug-likeness (QED) is 0.603. The first-order valence-electron chi connectivity index (χ1n) is 4.84. The van der Waals surface area contributed by atoms with Crippen LogP contribution in [0.4, 0.5) is 0 Å². The number of hydrogen-bond donors (Lipinski definition) is 0. The monoisotopic (exact) mass is 249 g/mol. The lowest BCUT2D eigenvalue weighted by Gasteiger charge is -2.05. The van der Waals surface area contributed by atoms with Crippen LogP contribution < -0.4 is 4.74 Å². The summed E-state index contributed by atoms with van der Waals surface area (Å²) < 4.78 is 5.01. The normalized spacial score (nSPS) is 11.4. The van der Waals surface area contributed by atoms with Crippen molar-refractivity contribution in [2.24, 2.45) is 5.92 Å². The molecule has 0 N–H and O–H groups in total. The summed E-state index contributed by atoms with van der Waals surface area (Å²) in [6.07, 6.45) is 0. The molecule has 0 aliphatic heterocycles. The largest absolute Gasteiger partial charge is 0.497 e. The molecule has 4 nitrogen and oxygen atoms in total. The van der Waals surface area contributed by atoms with E-state index < -0.39 is 16.8 Å². The van der Waals surface area contributed by atoms with Crippen LogP contribution in [-0.4, -0.2) is 18.0 Å². The first-order valence-corrected chi connectivity index (χ1v) is 5.66. The van der Waals surface area contributed by atoms with Gasteiger partial charge in [0.2, 0.25) is 5.12 Å². The van der Waals surface area contributed by atoms with Gasteiger partial charge < -0.3 is 4.74 Å². The van der Waals surface area contributed by atoms with Crippen LogP contribution in [-0.2, 0) is 9.59 Å². The molecule has 1 unspecified atom stereocenters. The smallest absolute Gasteiger partial charge is 0.218 e. The van der Waals surface area contributed by atoms with Crippen molar-refractivity contribution in [1.29, 1.82) is 5.26 Å². The molecule has 0 saturated heterocycles. The number of hydrogen-bond acceptors (Lipinski definition) is 5. The Morgan fingerprint density at radius 2 is 2.18 bits per heavy atom. The van der Waals surface area contributed by atoms with Gasteiger partial charge in [0.05, 0.1) is 13.2 Å². The van der Waals surface area contributed by atoms with Crippen LogP contribution in [0.5, 0.6) is 5.75 Å². The van der Waals surface area contributed by atoms with Crippen LogP contribution in [0.1, 0.15) is 6.92 Å². The molecule has 1 aromatic rings. The highest BCUT2D eigenvalue weighted by Gasteiger charge is 2.23. The minimum Gasteiger partial charge on any atom is -0.497 e. The second-order valence-electron chi connectivity index (χ2n) is 3.27. The van der Waals surface area contributed by atoms with E-state index in [1.165, 1.54) is 14.0 Å². The average molecular weight is 249 g/mol. The van der Waals surface area contributed by atoms with Crippen LogP contribution in [0.25, 0.3) is 0 Å². The molecule has 17 heavy (non-hydrogen) atoms. The lowest BCUT2D eigenvalue weighted by atomic mass is 10.1. The Hall–Kier alpha value is -1.80. The Morgan fingerprint density at radius 1 is 1.47 bits per heavy atom. The first kappa shape index (κ1) is 13.3. The molecule has 0 aliphatic carbocycles. The molecule has 1 rings (SSSR count). The Bertz CT molecular complexity index is 479. The highest BCUT2D eigenvalue weighted by molar-refractivity contribution is 8.13. The summed E-state index contributed by atoms with van der Waals surface area (Å²) >= 11 is 0.872. The standard InChI is InChI=1S/C12H11NO3S/c1-8(14)11(7-13)12(15)17-10-5-3-4-9(6-10)16-2/h3-6,11H,1-2H3. The van der Waals surface area contributed by atoms with Crippen molar-refractivity contribution in [2.45, 2.75) is 11.8 Å². The molecule has 0 spiro atoms. The molecule has 0 radical (unpaired) electrons. The Morgan fingerprint density at radius 3 is 2.71 bits per heavy atom. The second-order valence-corrected chi connectivity index (χ2v) is 4.35. The van der Waals surface area contributed by atoms with Gasteiger partial charge in [0.15, 0.2) is 11.7 Å². The molecule has 0 heterocycles. The van der Waals surface area contributed by atoms with Crippen molar-refractivity contribution >= 4 is 22.7 Å². The van der Waals surface area contributed by atoms with E-state index >= 15 is 0 Å². The predicted octanol–water partition coefficient (Wildman–Crippen LogP) is 2.04. The van der Waals surface area contributed by atoms with Gasteiger partial charge in [-0.1, -0.05) is 6.07 Å². The number of benzene rings is 1. The fraction of sp³-hybridized carbons (Fsp3) is 0.250. The lowest BCUT2D eigenvalue weighted by Crippen LogP contribution is -2.17. The predicted molar refractivity (Wildman–Crippen MR) is 63.6 cm³/mol. The first-order chi connectivity index (χ1) is 8.08. The maximum Gasteiger partial charge on any atom is 0.218 e. The molecule has 1 aromatic carbocycles. The summed E-state index contributed by atoms with van der Waals surface area (Å²) in [6, 6.07) is 8.59. The molecule has 0 saturated carbocycles. The van der Waals surface area contributed by atoms with Gasteiger partial charge in [-0.25, -0.2) is 0 Å². The molecule has 0 aliphatic rings. The number of nitrogens with zero attached hydrogens (tertiary/aromatic N) is 1. The summed E-state index contributed by atoms with van der Waals surface area (Å²) in [5.41, 5.74) is 0. The maximum atomic E-state index is 11.7. The Labute approximate surface area is 104 Å². The summed E-state index contributed by atoms with van der Waals surface area (Å²) in [6.45, 7) is 1.23. The highest BCUT2D eigenvalue weighted by Crippen LogP contribution is 2.26. The maximum absolute atomic E-state index is 11.7. The molecule has 1 atom stereocenters. The van der Waals surface area contributed by atoms with E-state index in [0.717, 1.165) is 11.8 Å². The van der Waals surface area contributed by atoms with Crippen LogP contribution in [0.15, 0.2) is 29.2 Å². The second kappa shape index (κ2) is 6.06. The molecular formula is C12H11NO3S. The Kier molecular flexibility index (Phi) is 4.73. The van der Waals surface area contributed by atoms with E-state index in [9.17, 15) is 9.59 Å². The summed E-state index contributed by atoms with van der Waals surface area (Å²) in [5, 5.41) is 8.25. The van der Waals surface area contributed by atoms with E-state index in [0.29, 0.717) is 10.6 Å². The molecule has 0 fully saturated rings. The molecule has 0 bridgehead atoms. The van der Waals surface area contributed by atoms with E-state index in [2.05, 4.69) is 0 Å². The highest BCUT2D eigenvalue weighted by atomic mass is 32.2. The van der Waals surface area contributed by atoms with Crippen molar-refractivity contribution < 1.29 is 14.3 Å². The zero-order valence-electron chi connectivity index (χ0n) is 9.47. The van der Waals surface area contributed by atoms with Gasteiger partial charge in [-0.05, 0) is 36.9 Å². The zero-order valence-corrected chi connectivity index (χ0v) is 10.3.